The number of halogens is 1. The number of hydrogen-bond acceptors (Lipinski definition) is 4. The number of ketones is 1. The molecule has 86 valence electrons. The number of carbonyl (C=O) groups is 2. The van der Waals surface area contributed by atoms with Crippen LogP contribution in [0.2, 0.25) is 0 Å². The first-order chi connectivity index (χ1) is 7.60. The fraction of sp³-hybridized carbons (Fsp3) is 0.273. The molecule has 0 aliphatic rings. The molecule has 2 atom stereocenters. The van der Waals surface area contributed by atoms with Crippen LogP contribution >= 0.6 is 0 Å². The van der Waals surface area contributed by atoms with Crippen LogP contribution in [0.25, 0.3) is 0 Å². The van der Waals surface area contributed by atoms with E-state index in [2.05, 4.69) is 0 Å². The maximum Gasteiger partial charge on any atom is 0.165 e. The molecule has 5 heteroatoms. The van der Waals surface area contributed by atoms with Gasteiger partial charge in [-0.05, 0) is 17.7 Å². The van der Waals surface area contributed by atoms with Crippen LogP contribution in [0, 0.1) is 5.82 Å². The van der Waals surface area contributed by atoms with Crippen molar-refractivity contribution in [3.63, 3.8) is 0 Å². The van der Waals surface area contributed by atoms with Gasteiger partial charge in [0.25, 0.3) is 0 Å². The van der Waals surface area contributed by atoms with Crippen LogP contribution < -0.4 is 11.5 Å². The van der Waals surface area contributed by atoms with Crippen LogP contribution in [0.1, 0.15) is 11.5 Å². The molecule has 0 radical (unpaired) electrons. The van der Waals surface area contributed by atoms with Gasteiger partial charge >= 0.3 is 0 Å². The minimum Gasteiger partial charge on any atom is -0.328 e. The summed E-state index contributed by atoms with van der Waals surface area (Å²) in [5.41, 5.74) is 11.0. The zero-order valence-electron chi connectivity index (χ0n) is 8.60. The molecule has 1 aromatic rings. The summed E-state index contributed by atoms with van der Waals surface area (Å²) in [5.74, 6) is -2.05. The average molecular weight is 224 g/mol. The Morgan fingerprint density at radius 2 is 2.19 bits per heavy atom. The first kappa shape index (κ1) is 12.5. The van der Waals surface area contributed by atoms with Crippen molar-refractivity contribution in [1.82, 2.24) is 0 Å². The number of Topliss-reactive ketones (excluding diaryl/α,β-unsaturated/α-hetero) is 1. The summed E-state index contributed by atoms with van der Waals surface area (Å²) in [6, 6.07) is 4.41. The Morgan fingerprint density at radius 1 is 1.50 bits per heavy atom. The van der Waals surface area contributed by atoms with Crippen LogP contribution in [0.4, 0.5) is 4.39 Å². The summed E-state index contributed by atoms with van der Waals surface area (Å²) in [6.07, 6.45) is 0.451. The van der Waals surface area contributed by atoms with E-state index in [0.717, 1.165) is 6.07 Å². The van der Waals surface area contributed by atoms with Gasteiger partial charge in [-0.15, -0.1) is 0 Å². The minimum absolute atomic E-state index is 0.0432. The highest BCUT2D eigenvalue weighted by Gasteiger charge is 2.24. The SMILES string of the molecule is NCC(N)C(=O)C(C=O)c1cccc(F)c1. The lowest BCUT2D eigenvalue weighted by Crippen LogP contribution is -2.41. The Kier molecular flexibility index (Phi) is 4.28. The second-order valence-corrected chi connectivity index (χ2v) is 3.41. The van der Waals surface area contributed by atoms with Gasteiger partial charge in [-0.2, -0.15) is 0 Å². The maximum absolute atomic E-state index is 12.9. The van der Waals surface area contributed by atoms with E-state index < -0.39 is 23.6 Å². The van der Waals surface area contributed by atoms with Crippen molar-refractivity contribution in [2.24, 2.45) is 11.5 Å². The number of carbonyl (C=O) groups excluding carboxylic acids is 2. The summed E-state index contributed by atoms with van der Waals surface area (Å²) in [5, 5.41) is 0. The van der Waals surface area contributed by atoms with Crippen LogP contribution in [0.5, 0.6) is 0 Å². The molecule has 0 aromatic heterocycles. The highest BCUT2D eigenvalue weighted by molar-refractivity contribution is 6.01. The van der Waals surface area contributed by atoms with Gasteiger partial charge in [0.15, 0.2) is 5.78 Å². The summed E-state index contributed by atoms with van der Waals surface area (Å²) in [6.45, 7) is -0.0432. The molecule has 4 N–H and O–H groups in total. The fourth-order valence-corrected chi connectivity index (χ4v) is 1.36. The summed E-state index contributed by atoms with van der Waals surface area (Å²) >= 11 is 0. The predicted octanol–water partition coefficient (Wildman–Crippen LogP) is -0.0367. The fourth-order valence-electron chi connectivity index (χ4n) is 1.36. The van der Waals surface area contributed by atoms with E-state index >= 15 is 0 Å². The number of aldehydes is 1. The number of nitrogens with two attached hydrogens (primary N) is 2. The quantitative estimate of drug-likeness (QED) is 0.543. The third kappa shape index (κ3) is 2.71. The van der Waals surface area contributed by atoms with Crippen molar-refractivity contribution in [3.8, 4) is 0 Å². The molecule has 0 spiro atoms. The molecule has 0 fully saturated rings. The maximum atomic E-state index is 12.9. The van der Waals surface area contributed by atoms with Crippen LogP contribution in [-0.2, 0) is 9.59 Å². The lowest BCUT2D eigenvalue weighted by Gasteiger charge is -2.13. The van der Waals surface area contributed by atoms with Crippen molar-refractivity contribution >= 4 is 12.1 Å². The Hall–Kier alpha value is -1.59. The largest absolute Gasteiger partial charge is 0.328 e. The standard InChI is InChI=1S/C11H13FN2O2/c12-8-3-1-2-7(4-8)9(6-15)11(16)10(14)5-13/h1-4,6,9-10H,5,13-14H2. The molecule has 0 aliphatic heterocycles. The van der Waals surface area contributed by atoms with Gasteiger partial charge in [0.1, 0.15) is 12.1 Å². The van der Waals surface area contributed by atoms with E-state index in [-0.39, 0.29) is 6.54 Å². The Bertz CT molecular complexity index is 395. The van der Waals surface area contributed by atoms with Crippen molar-refractivity contribution < 1.29 is 14.0 Å². The van der Waals surface area contributed by atoms with E-state index in [4.69, 9.17) is 11.5 Å². The molecule has 0 saturated heterocycles. The van der Waals surface area contributed by atoms with E-state index in [1.54, 1.807) is 0 Å². The van der Waals surface area contributed by atoms with Gasteiger partial charge in [-0.1, -0.05) is 12.1 Å². The van der Waals surface area contributed by atoms with Crippen molar-refractivity contribution in [2.45, 2.75) is 12.0 Å². The van der Waals surface area contributed by atoms with E-state index in [0.29, 0.717) is 11.8 Å². The molecule has 16 heavy (non-hydrogen) atoms. The zero-order chi connectivity index (χ0) is 12.1. The molecule has 0 saturated carbocycles. The summed E-state index contributed by atoms with van der Waals surface area (Å²) in [4.78, 5) is 22.5. The van der Waals surface area contributed by atoms with Crippen LogP contribution in [0.3, 0.4) is 0 Å². The Labute approximate surface area is 92.4 Å². The molecule has 1 aromatic carbocycles. The Balaban J connectivity index is 2.99. The lowest BCUT2D eigenvalue weighted by molar-refractivity contribution is -0.125. The molecule has 4 nitrogen and oxygen atoms in total. The molecule has 0 heterocycles. The summed E-state index contributed by atoms with van der Waals surface area (Å²) in [7, 11) is 0. The van der Waals surface area contributed by atoms with Gasteiger partial charge in [0.05, 0.1) is 12.0 Å². The molecule has 2 unspecified atom stereocenters. The van der Waals surface area contributed by atoms with Crippen molar-refractivity contribution in [3.05, 3.63) is 35.6 Å². The van der Waals surface area contributed by atoms with Crippen LogP contribution in [-0.4, -0.2) is 24.7 Å². The smallest absolute Gasteiger partial charge is 0.165 e. The highest BCUT2D eigenvalue weighted by Crippen LogP contribution is 2.16. The third-order valence-corrected chi connectivity index (χ3v) is 2.27. The van der Waals surface area contributed by atoms with E-state index in [9.17, 15) is 14.0 Å². The molecule has 0 aliphatic carbocycles. The second kappa shape index (κ2) is 5.48. The normalized spacial score (nSPS) is 14.2. The predicted molar refractivity (Wildman–Crippen MR) is 57.2 cm³/mol. The lowest BCUT2D eigenvalue weighted by atomic mass is 9.92. The zero-order valence-corrected chi connectivity index (χ0v) is 8.60. The minimum atomic E-state index is -1.05. The van der Waals surface area contributed by atoms with Crippen molar-refractivity contribution in [2.75, 3.05) is 6.54 Å². The molecular formula is C11H13FN2O2. The highest BCUT2D eigenvalue weighted by atomic mass is 19.1. The van der Waals surface area contributed by atoms with Gasteiger partial charge in [-0.25, -0.2) is 4.39 Å². The third-order valence-electron chi connectivity index (χ3n) is 2.27. The first-order valence-corrected chi connectivity index (χ1v) is 4.80. The topological polar surface area (TPSA) is 86.2 Å². The average Bonchev–Trinajstić information content (AvgIpc) is 2.29. The molecular weight excluding hydrogens is 211 g/mol. The number of benzene rings is 1. The van der Waals surface area contributed by atoms with Gasteiger partial charge in [-0.3, -0.25) is 4.79 Å². The number of hydrogen-bond donors (Lipinski definition) is 2. The van der Waals surface area contributed by atoms with Gasteiger partial charge < -0.3 is 16.3 Å². The van der Waals surface area contributed by atoms with Gasteiger partial charge in [0.2, 0.25) is 0 Å². The van der Waals surface area contributed by atoms with E-state index in [1.165, 1.54) is 18.2 Å². The van der Waals surface area contributed by atoms with Crippen LogP contribution in [0.15, 0.2) is 24.3 Å². The molecule has 0 bridgehead atoms. The number of rotatable bonds is 5. The second-order valence-electron chi connectivity index (χ2n) is 3.41. The molecule has 0 amide bonds. The Morgan fingerprint density at radius 3 is 2.69 bits per heavy atom. The van der Waals surface area contributed by atoms with E-state index in [1.807, 2.05) is 0 Å². The monoisotopic (exact) mass is 224 g/mol. The summed E-state index contributed by atoms with van der Waals surface area (Å²) < 4.78 is 12.9. The van der Waals surface area contributed by atoms with Crippen molar-refractivity contribution in [1.29, 1.82) is 0 Å². The molecule has 1 rings (SSSR count). The van der Waals surface area contributed by atoms with Gasteiger partial charge in [0, 0.05) is 6.54 Å². The first-order valence-electron chi connectivity index (χ1n) is 4.80.